The number of nitrogens with one attached hydrogen (secondary N) is 1. The second-order valence-corrected chi connectivity index (χ2v) is 8.10. The number of carbonyl (C=O) groups is 1. The van der Waals surface area contributed by atoms with Crippen LogP contribution in [0.5, 0.6) is 5.75 Å². The van der Waals surface area contributed by atoms with Crippen molar-refractivity contribution in [3.8, 4) is 5.75 Å². The van der Waals surface area contributed by atoms with Gasteiger partial charge in [0.1, 0.15) is 5.75 Å². The average molecular weight is 387 g/mol. The smallest absolute Gasteiger partial charge is 0.251 e. The molecular weight excluding hydrogens is 360 g/mol. The summed E-state index contributed by atoms with van der Waals surface area (Å²) in [6.45, 7) is 2.64. The zero-order valence-corrected chi connectivity index (χ0v) is 16.6. The van der Waals surface area contributed by atoms with Crippen LogP contribution in [0.3, 0.4) is 0 Å². The maximum Gasteiger partial charge on any atom is 0.251 e. The molecule has 2 unspecified atom stereocenters. The fourth-order valence-corrected chi connectivity index (χ4v) is 3.95. The van der Waals surface area contributed by atoms with Gasteiger partial charge >= 0.3 is 0 Å². The lowest BCUT2D eigenvalue weighted by molar-refractivity contribution is 0.0938. The highest BCUT2D eigenvalue weighted by atomic mass is 32.2. The lowest BCUT2D eigenvalue weighted by atomic mass is 10.0. The van der Waals surface area contributed by atoms with Gasteiger partial charge in [-0.3, -0.25) is 13.9 Å². The Bertz CT molecular complexity index is 784. The van der Waals surface area contributed by atoms with E-state index < -0.39 is 10.8 Å². The topological polar surface area (TPSA) is 58.6 Å². The molecule has 3 rings (SSSR count). The number of hydrogen-bond donors (Lipinski definition) is 1. The van der Waals surface area contributed by atoms with Gasteiger partial charge in [0.2, 0.25) is 0 Å². The molecule has 1 aliphatic heterocycles. The molecule has 0 aromatic heterocycles. The fourth-order valence-electron chi connectivity index (χ4n) is 3.43. The second-order valence-electron chi connectivity index (χ2n) is 6.72. The number of methoxy groups -OCH3 is 1. The molecule has 2 atom stereocenters. The van der Waals surface area contributed by atoms with E-state index in [-0.39, 0.29) is 11.9 Å². The van der Waals surface area contributed by atoms with Gasteiger partial charge < -0.3 is 10.1 Å². The predicted molar refractivity (Wildman–Crippen MR) is 108 cm³/mol. The lowest BCUT2D eigenvalue weighted by Gasteiger charge is -2.28. The Morgan fingerprint density at radius 1 is 1.11 bits per heavy atom. The van der Waals surface area contributed by atoms with Crippen molar-refractivity contribution in [2.45, 2.75) is 23.8 Å². The van der Waals surface area contributed by atoms with Gasteiger partial charge in [0.15, 0.2) is 0 Å². The number of carbonyl (C=O) groups excluding carboxylic acids is 1. The third-order valence-corrected chi connectivity index (χ3v) is 5.92. The molecule has 144 valence electrons. The highest BCUT2D eigenvalue weighted by Gasteiger charge is 2.24. The first-order valence-electron chi connectivity index (χ1n) is 9.18. The summed E-state index contributed by atoms with van der Waals surface area (Å²) < 4.78 is 16.7. The summed E-state index contributed by atoms with van der Waals surface area (Å²) in [4.78, 5) is 15.7. The average Bonchev–Trinajstić information content (AvgIpc) is 3.23. The van der Waals surface area contributed by atoms with E-state index in [4.69, 9.17) is 4.74 Å². The third kappa shape index (κ3) is 4.96. The molecule has 0 spiro atoms. The highest BCUT2D eigenvalue weighted by Crippen LogP contribution is 2.26. The Morgan fingerprint density at radius 3 is 2.30 bits per heavy atom. The Morgan fingerprint density at radius 2 is 1.74 bits per heavy atom. The minimum Gasteiger partial charge on any atom is -0.497 e. The van der Waals surface area contributed by atoms with Crippen LogP contribution < -0.4 is 10.1 Å². The molecule has 1 amide bonds. The molecule has 1 heterocycles. The second kappa shape index (κ2) is 9.15. The zero-order chi connectivity index (χ0) is 19.2. The van der Waals surface area contributed by atoms with E-state index in [1.165, 1.54) is 18.4 Å². The maximum atomic E-state index is 12.6. The Hall–Kier alpha value is -2.18. The van der Waals surface area contributed by atoms with Crippen molar-refractivity contribution in [1.29, 1.82) is 0 Å². The van der Waals surface area contributed by atoms with Crippen molar-refractivity contribution < 1.29 is 13.7 Å². The minimum absolute atomic E-state index is 0.110. The van der Waals surface area contributed by atoms with Gasteiger partial charge in [-0.05, 0) is 67.9 Å². The first-order chi connectivity index (χ1) is 13.1. The number of nitrogens with zero attached hydrogens (tertiary/aromatic N) is 1. The zero-order valence-electron chi connectivity index (χ0n) is 15.8. The van der Waals surface area contributed by atoms with Gasteiger partial charge in [-0.15, -0.1) is 0 Å². The van der Waals surface area contributed by atoms with Crippen LogP contribution in [-0.4, -0.2) is 48.0 Å². The minimum atomic E-state index is -1.04. The summed E-state index contributed by atoms with van der Waals surface area (Å²) in [6.07, 6.45) is 4.01. The van der Waals surface area contributed by atoms with Gasteiger partial charge in [0.05, 0.1) is 13.2 Å². The largest absolute Gasteiger partial charge is 0.497 e. The molecule has 1 saturated heterocycles. The van der Waals surface area contributed by atoms with E-state index in [1.54, 1.807) is 37.6 Å². The summed E-state index contributed by atoms with van der Waals surface area (Å²) in [7, 11) is 0.620. The number of ether oxygens (including phenoxy) is 1. The van der Waals surface area contributed by atoms with E-state index in [0.29, 0.717) is 12.1 Å². The van der Waals surface area contributed by atoms with Crippen molar-refractivity contribution >= 4 is 16.7 Å². The van der Waals surface area contributed by atoms with Crippen molar-refractivity contribution in [3.05, 3.63) is 59.7 Å². The van der Waals surface area contributed by atoms with E-state index in [0.717, 1.165) is 23.7 Å². The normalized spacial score (nSPS) is 16.7. The van der Waals surface area contributed by atoms with Crippen LogP contribution in [0.15, 0.2) is 53.4 Å². The highest BCUT2D eigenvalue weighted by molar-refractivity contribution is 7.84. The first-order valence-corrected chi connectivity index (χ1v) is 10.7. The molecule has 27 heavy (non-hydrogen) atoms. The first kappa shape index (κ1) is 19.6. The molecule has 1 fully saturated rings. The number of hydrogen-bond acceptors (Lipinski definition) is 4. The number of amides is 1. The van der Waals surface area contributed by atoms with E-state index in [1.807, 2.05) is 12.1 Å². The monoisotopic (exact) mass is 386 g/mol. The third-order valence-electron chi connectivity index (χ3n) is 4.99. The van der Waals surface area contributed by atoms with E-state index >= 15 is 0 Å². The summed E-state index contributed by atoms with van der Waals surface area (Å²) >= 11 is 0. The van der Waals surface area contributed by atoms with Crippen LogP contribution in [-0.2, 0) is 10.8 Å². The van der Waals surface area contributed by atoms with E-state index in [9.17, 15) is 9.00 Å². The molecule has 0 aliphatic carbocycles. The van der Waals surface area contributed by atoms with Crippen LogP contribution in [0, 0.1) is 0 Å². The molecule has 0 bridgehead atoms. The van der Waals surface area contributed by atoms with Gasteiger partial charge in [0.25, 0.3) is 5.91 Å². The molecule has 2 aromatic carbocycles. The molecule has 2 aromatic rings. The van der Waals surface area contributed by atoms with Gasteiger partial charge in [-0.2, -0.15) is 0 Å². The Balaban J connectivity index is 1.69. The molecule has 5 nitrogen and oxygen atoms in total. The van der Waals surface area contributed by atoms with Gasteiger partial charge in [-0.25, -0.2) is 0 Å². The Kier molecular flexibility index (Phi) is 6.63. The van der Waals surface area contributed by atoms with Gasteiger partial charge in [-0.1, -0.05) is 12.1 Å². The molecule has 1 aliphatic rings. The van der Waals surface area contributed by atoms with Crippen LogP contribution in [0.1, 0.15) is 34.8 Å². The standard InChI is InChI=1S/C21H26N2O3S/c1-26-18-9-5-16(6-10-18)20(23-13-3-4-14-23)15-22-21(24)17-7-11-19(12-8-17)27(2)25/h5-12,20H,3-4,13-15H2,1-2H3,(H,22,24). The quantitative estimate of drug-likeness (QED) is 0.795. The molecular formula is C21H26N2O3S. The van der Waals surface area contributed by atoms with Crippen molar-refractivity contribution in [1.82, 2.24) is 10.2 Å². The summed E-state index contributed by atoms with van der Waals surface area (Å²) in [6, 6.07) is 15.1. The van der Waals surface area contributed by atoms with Gasteiger partial charge in [0, 0.05) is 34.1 Å². The van der Waals surface area contributed by atoms with Crippen LogP contribution in [0.4, 0.5) is 0 Å². The molecule has 6 heteroatoms. The summed E-state index contributed by atoms with van der Waals surface area (Å²) in [5.41, 5.74) is 1.76. The maximum absolute atomic E-state index is 12.6. The van der Waals surface area contributed by atoms with Crippen LogP contribution in [0.2, 0.25) is 0 Å². The van der Waals surface area contributed by atoms with E-state index in [2.05, 4.69) is 22.3 Å². The summed E-state index contributed by atoms with van der Waals surface area (Å²) in [5, 5.41) is 3.06. The molecule has 1 N–H and O–H groups in total. The van der Waals surface area contributed by atoms with Crippen molar-refractivity contribution in [3.63, 3.8) is 0 Å². The van der Waals surface area contributed by atoms with Crippen molar-refractivity contribution in [2.24, 2.45) is 0 Å². The Labute approximate surface area is 163 Å². The van der Waals surface area contributed by atoms with Crippen LogP contribution >= 0.6 is 0 Å². The number of benzene rings is 2. The van der Waals surface area contributed by atoms with Crippen molar-refractivity contribution in [2.75, 3.05) is 33.0 Å². The lowest BCUT2D eigenvalue weighted by Crippen LogP contribution is -2.36. The summed E-state index contributed by atoms with van der Waals surface area (Å²) in [5.74, 6) is 0.720. The SMILES string of the molecule is COc1ccc(C(CNC(=O)c2ccc(S(C)=O)cc2)N2CCCC2)cc1. The van der Waals surface area contributed by atoms with Crippen LogP contribution in [0.25, 0.3) is 0 Å². The number of likely N-dealkylation sites (tertiary alicyclic amines) is 1. The molecule has 0 saturated carbocycles. The predicted octanol–water partition coefficient (Wildman–Crippen LogP) is 3.00. The number of rotatable bonds is 7. The molecule has 0 radical (unpaired) electrons. The fraction of sp³-hybridized carbons (Fsp3) is 0.381.